The van der Waals surface area contributed by atoms with Crippen LogP contribution in [0.15, 0.2) is 30.9 Å². The second-order valence-electron chi connectivity index (χ2n) is 5.64. The number of aryl methyl sites for hydroxylation is 1. The number of pyridine rings is 1. The number of hydrogen-bond donors (Lipinski definition) is 0. The van der Waals surface area contributed by atoms with Gasteiger partial charge in [0.25, 0.3) is 0 Å². The van der Waals surface area contributed by atoms with Gasteiger partial charge in [-0.2, -0.15) is 10.4 Å². The van der Waals surface area contributed by atoms with E-state index < -0.39 is 5.92 Å². The highest BCUT2D eigenvalue weighted by Gasteiger charge is 2.35. The molecule has 1 saturated heterocycles. The molecule has 120 valence electrons. The lowest BCUT2D eigenvalue weighted by molar-refractivity contribution is -0.119. The van der Waals surface area contributed by atoms with Crippen molar-refractivity contribution in [1.29, 1.82) is 5.26 Å². The van der Waals surface area contributed by atoms with E-state index in [0.717, 1.165) is 23.1 Å². The molecule has 0 spiro atoms. The topological polar surface area (TPSA) is 92.6 Å². The Balaban J connectivity index is 1.86. The second kappa shape index (κ2) is 5.45. The Morgan fingerprint density at radius 1 is 1.42 bits per heavy atom. The lowest BCUT2D eigenvalue weighted by Gasteiger charge is -2.12. The van der Waals surface area contributed by atoms with Gasteiger partial charge >= 0.3 is 0 Å². The van der Waals surface area contributed by atoms with Crippen LogP contribution in [0.4, 0.5) is 5.82 Å². The molecule has 1 fully saturated rings. The predicted octanol–water partition coefficient (Wildman–Crippen LogP) is 1.51. The summed E-state index contributed by atoms with van der Waals surface area (Å²) < 4.78 is 3.55. The van der Waals surface area contributed by atoms with Gasteiger partial charge in [-0.3, -0.25) is 19.4 Å². The van der Waals surface area contributed by atoms with Gasteiger partial charge in [0, 0.05) is 24.7 Å². The van der Waals surface area contributed by atoms with Crippen LogP contribution in [0.2, 0.25) is 0 Å². The smallest absolute Gasteiger partial charge is 0.245 e. The van der Waals surface area contributed by atoms with Crippen LogP contribution < -0.4 is 4.90 Å². The maximum atomic E-state index is 12.4. The number of carbonyl (C=O) groups is 1. The molecule has 0 radical (unpaired) electrons. The molecule has 1 atom stereocenters. The minimum atomic E-state index is -0.588. The van der Waals surface area contributed by atoms with Crippen LogP contribution in [0.25, 0.3) is 16.6 Å². The van der Waals surface area contributed by atoms with Crippen molar-refractivity contribution < 1.29 is 4.79 Å². The van der Waals surface area contributed by atoms with Crippen LogP contribution in [0.5, 0.6) is 0 Å². The quantitative estimate of drug-likeness (QED) is 0.729. The van der Waals surface area contributed by atoms with E-state index in [1.54, 1.807) is 28.2 Å². The van der Waals surface area contributed by atoms with Crippen molar-refractivity contribution in [1.82, 2.24) is 24.5 Å². The molecular formula is C16H15N7O. The number of nitriles is 1. The molecule has 4 heterocycles. The lowest BCUT2D eigenvalue weighted by Crippen LogP contribution is -2.27. The number of aromatic nitrogens is 5. The maximum absolute atomic E-state index is 12.4. The van der Waals surface area contributed by atoms with Crippen molar-refractivity contribution in [2.24, 2.45) is 5.92 Å². The third kappa shape index (κ3) is 2.06. The van der Waals surface area contributed by atoms with Gasteiger partial charge in [-0.25, -0.2) is 4.68 Å². The number of fused-ring (bicyclic) bond motifs is 1. The van der Waals surface area contributed by atoms with Crippen molar-refractivity contribution in [2.45, 2.75) is 19.9 Å². The van der Waals surface area contributed by atoms with Crippen LogP contribution >= 0.6 is 0 Å². The van der Waals surface area contributed by atoms with Crippen LogP contribution in [-0.2, 0) is 11.3 Å². The first-order valence-electron chi connectivity index (χ1n) is 7.79. The van der Waals surface area contributed by atoms with Gasteiger partial charge in [0.15, 0.2) is 5.82 Å². The van der Waals surface area contributed by atoms with Gasteiger partial charge in [-0.05, 0) is 19.4 Å². The molecule has 0 saturated carbocycles. The predicted molar refractivity (Wildman–Crippen MR) is 86.4 cm³/mol. The largest absolute Gasteiger partial charge is 0.294 e. The Hall–Kier alpha value is -3.21. The molecule has 8 nitrogen and oxygen atoms in total. The van der Waals surface area contributed by atoms with E-state index in [1.165, 1.54) is 0 Å². The average molecular weight is 321 g/mol. The molecule has 3 aromatic rings. The molecule has 1 aliphatic rings. The third-order valence-electron chi connectivity index (χ3n) is 4.27. The van der Waals surface area contributed by atoms with E-state index in [9.17, 15) is 4.79 Å². The third-order valence-corrected chi connectivity index (χ3v) is 4.27. The molecule has 0 aromatic carbocycles. The highest BCUT2D eigenvalue weighted by Crippen LogP contribution is 2.31. The van der Waals surface area contributed by atoms with Gasteiger partial charge in [0.05, 0.1) is 30.2 Å². The molecule has 3 aromatic heterocycles. The van der Waals surface area contributed by atoms with E-state index in [4.69, 9.17) is 5.26 Å². The number of rotatable bonds is 3. The Kier molecular flexibility index (Phi) is 3.27. The fourth-order valence-electron chi connectivity index (χ4n) is 2.99. The maximum Gasteiger partial charge on any atom is 0.245 e. The van der Waals surface area contributed by atoms with Crippen LogP contribution in [0.1, 0.15) is 13.3 Å². The standard InChI is InChI=1S/C16H15N7O/c1-2-21-10-12(8-19-21)23-14-9-18-5-3-13(14)15(20-23)22-6-4-11(7-17)16(22)24/h3,5,8-11H,2,4,6H2,1H3. The van der Waals surface area contributed by atoms with Crippen LogP contribution in [-0.4, -0.2) is 37.0 Å². The summed E-state index contributed by atoms with van der Waals surface area (Å²) in [5.74, 6) is -0.209. The highest BCUT2D eigenvalue weighted by atomic mass is 16.2. The van der Waals surface area contributed by atoms with Crippen molar-refractivity contribution in [3.63, 3.8) is 0 Å². The SMILES string of the molecule is CCn1cc(-n2nc(N3CCC(C#N)C3=O)c3ccncc32)cn1. The minimum Gasteiger partial charge on any atom is -0.294 e. The van der Waals surface area contributed by atoms with Crippen molar-refractivity contribution >= 4 is 22.6 Å². The summed E-state index contributed by atoms with van der Waals surface area (Å²) in [6, 6.07) is 3.90. The Labute approximate surface area is 137 Å². The van der Waals surface area contributed by atoms with E-state index in [1.807, 2.05) is 23.9 Å². The molecule has 24 heavy (non-hydrogen) atoms. The van der Waals surface area contributed by atoms with E-state index >= 15 is 0 Å². The number of hydrogen-bond acceptors (Lipinski definition) is 5. The molecule has 8 heteroatoms. The molecule has 4 rings (SSSR count). The van der Waals surface area contributed by atoms with Crippen molar-refractivity contribution in [3.8, 4) is 11.8 Å². The zero-order valence-electron chi connectivity index (χ0n) is 13.1. The van der Waals surface area contributed by atoms with Gasteiger partial charge in [-0.1, -0.05) is 0 Å². The Morgan fingerprint density at radius 3 is 3.00 bits per heavy atom. The zero-order chi connectivity index (χ0) is 16.7. The lowest BCUT2D eigenvalue weighted by atomic mass is 10.1. The van der Waals surface area contributed by atoms with Crippen LogP contribution in [0, 0.1) is 17.2 Å². The van der Waals surface area contributed by atoms with E-state index in [-0.39, 0.29) is 5.91 Å². The fourth-order valence-corrected chi connectivity index (χ4v) is 2.99. The van der Waals surface area contributed by atoms with Crippen molar-refractivity contribution in [3.05, 3.63) is 30.9 Å². The first-order chi connectivity index (χ1) is 11.7. The number of nitrogens with zero attached hydrogens (tertiary/aromatic N) is 7. The van der Waals surface area contributed by atoms with E-state index in [0.29, 0.717) is 18.8 Å². The van der Waals surface area contributed by atoms with Gasteiger partial charge in [0.1, 0.15) is 11.6 Å². The average Bonchev–Trinajstić information content (AvgIpc) is 3.31. The summed E-state index contributed by atoms with van der Waals surface area (Å²) >= 11 is 0. The first-order valence-corrected chi connectivity index (χ1v) is 7.79. The Morgan fingerprint density at radius 2 is 2.29 bits per heavy atom. The zero-order valence-corrected chi connectivity index (χ0v) is 13.1. The summed E-state index contributed by atoms with van der Waals surface area (Å²) in [5.41, 5.74) is 1.61. The summed E-state index contributed by atoms with van der Waals surface area (Å²) in [4.78, 5) is 18.2. The van der Waals surface area contributed by atoms with E-state index in [2.05, 4.69) is 21.3 Å². The first kappa shape index (κ1) is 14.4. The Bertz CT molecular complexity index is 964. The number of anilines is 1. The summed E-state index contributed by atoms with van der Waals surface area (Å²) in [5, 5.41) is 18.8. The molecule has 0 aliphatic carbocycles. The highest BCUT2D eigenvalue weighted by molar-refractivity contribution is 6.04. The van der Waals surface area contributed by atoms with Crippen molar-refractivity contribution in [2.75, 3.05) is 11.4 Å². The second-order valence-corrected chi connectivity index (χ2v) is 5.64. The number of amides is 1. The van der Waals surface area contributed by atoms with Crippen LogP contribution in [0.3, 0.4) is 0 Å². The summed E-state index contributed by atoms with van der Waals surface area (Å²) in [7, 11) is 0. The molecule has 1 unspecified atom stereocenters. The van der Waals surface area contributed by atoms with Gasteiger partial charge < -0.3 is 0 Å². The normalized spacial score (nSPS) is 17.6. The molecule has 1 aliphatic heterocycles. The molecule has 0 N–H and O–H groups in total. The monoisotopic (exact) mass is 321 g/mol. The summed E-state index contributed by atoms with van der Waals surface area (Å²) in [6.07, 6.45) is 7.55. The number of carbonyl (C=O) groups excluding carboxylic acids is 1. The fraction of sp³-hybridized carbons (Fsp3) is 0.312. The van der Waals surface area contributed by atoms with Gasteiger partial charge in [-0.15, -0.1) is 5.10 Å². The summed E-state index contributed by atoms with van der Waals surface area (Å²) in [6.45, 7) is 3.27. The van der Waals surface area contributed by atoms with Gasteiger partial charge in [0.2, 0.25) is 5.91 Å². The minimum absolute atomic E-state index is 0.190. The molecule has 1 amide bonds. The molecule has 0 bridgehead atoms. The molecular weight excluding hydrogens is 306 g/mol.